The Labute approximate surface area is 69.0 Å². The summed E-state index contributed by atoms with van der Waals surface area (Å²) < 4.78 is 0. The van der Waals surface area contributed by atoms with Crippen molar-refractivity contribution in [3.05, 3.63) is 12.4 Å². The maximum atomic E-state index is 11.2. The first-order valence-corrected chi connectivity index (χ1v) is 3.74. The van der Waals surface area contributed by atoms with Gasteiger partial charge in [0.25, 0.3) is 0 Å². The molecule has 1 fully saturated rings. The SMILES string of the molecule is O=C1CC(O)CN1c1cn[nH]c1. The van der Waals surface area contributed by atoms with E-state index in [1.807, 2.05) is 0 Å². The van der Waals surface area contributed by atoms with Crippen LogP contribution < -0.4 is 4.90 Å². The molecule has 0 radical (unpaired) electrons. The fourth-order valence-corrected chi connectivity index (χ4v) is 1.33. The standard InChI is InChI=1S/C7H9N3O2/c11-6-1-7(12)10(4-6)5-2-8-9-3-5/h2-3,6,11H,1,4H2,(H,8,9). The van der Waals surface area contributed by atoms with Gasteiger partial charge in [-0.05, 0) is 0 Å². The van der Waals surface area contributed by atoms with E-state index in [4.69, 9.17) is 0 Å². The minimum atomic E-state index is -0.535. The number of aliphatic hydroxyl groups is 1. The number of anilines is 1. The second-order valence-corrected chi connectivity index (χ2v) is 2.82. The van der Waals surface area contributed by atoms with Crippen molar-refractivity contribution in [2.45, 2.75) is 12.5 Å². The van der Waals surface area contributed by atoms with Crippen LogP contribution in [0.15, 0.2) is 12.4 Å². The summed E-state index contributed by atoms with van der Waals surface area (Å²) in [5.41, 5.74) is 0.719. The summed E-state index contributed by atoms with van der Waals surface area (Å²) in [6.45, 7) is 0.373. The molecule has 0 aliphatic carbocycles. The van der Waals surface area contributed by atoms with Crippen molar-refractivity contribution in [1.82, 2.24) is 10.2 Å². The van der Waals surface area contributed by atoms with Gasteiger partial charge in [-0.2, -0.15) is 5.10 Å². The minimum Gasteiger partial charge on any atom is -0.391 e. The third-order valence-electron chi connectivity index (χ3n) is 1.90. The lowest BCUT2D eigenvalue weighted by atomic mass is 10.3. The van der Waals surface area contributed by atoms with Crippen molar-refractivity contribution in [3.63, 3.8) is 0 Å². The Hall–Kier alpha value is -1.36. The Morgan fingerprint density at radius 2 is 2.58 bits per heavy atom. The van der Waals surface area contributed by atoms with Crippen LogP contribution in [0.1, 0.15) is 6.42 Å². The molecule has 0 spiro atoms. The molecule has 1 unspecified atom stereocenters. The Morgan fingerprint density at radius 1 is 1.75 bits per heavy atom. The smallest absolute Gasteiger partial charge is 0.229 e. The van der Waals surface area contributed by atoms with Gasteiger partial charge in [-0.25, -0.2) is 0 Å². The van der Waals surface area contributed by atoms with Crippen LogP contribution in [0.2, 0.25) is 0 Å². The normalized spacial score (nSPS) is 23.6. The number of carbonyl (C=O) groups excluding carboxylic acids is 1. The average Bonchev–Trinajstić information content (AvgIpc) is 2.58. The summed E-state index contributed by atoms with van der Waals surface area (Å²) in [6.07, 6.45) is 2.88. The monoisotopic (exact) mass is 167 g/mol. The number of nitrogens with zero attached hydrogens (tertiary/aromatic N) is 2. The number of nitrogens with one attached hydrogen (secondary N) is 1. The number of rotatable bonds is 1. The van der Waals surface area contributed by atoms with E-state index < -0.39 is 6.10 Å². The van der Waals surface area contributed by atoms with Gasteiger partial charge < -0.3 is 10.0 Å². The number of hydrogen-bond acceptors (Lipinski definition) is 3. The van der Waals surface area contributed by atoms with Crippen LogP contribution in [0, 0.1) is 0 Å². The molecule has 0 aromatic carbocycles. The highest BCUT2D eigenvalue weighted by atomic mass is 16.3. The van der Waals surface area contributed by atoms with Crippen LogP contribution in [0.5, 0.6) is 0 Å². The van der Waals surface area contributed by atoms with E-state index >= 15 is 0 Å². The average molecular weight is 167 g/mol. The number of aromatic nitrogens is 2. The van der Waals surface area contributed by atoms with Gasteiger partial charge in [-0.3, -0.25) is 9.89 Å². The van der Waals surface area contributed by atoms with E-state index in [9.17, 15) is 9.90 Å². The van der Waals surface area contributed by atoms with Gasteiger partial charge in [-0.15, -0.1) is 0 Å². The highest BCUT2D eigenvalue weighted by molar-refractivity contribution is 5.95. The molecule has 5 heteroatoms. The van der Waals surface area contributed by atoms with Crippen LogP contribution in [-0.2, 0) is 4.79 Å². The Morgan fingerprint density at radius 3 is 3.08 bits per heavy atom. The number of carbonyl (C=O) groups is 1. The highest BCUT2D eigenvalue weighted by Crippen LogP contribution is 2.19. The van der Waals surface area contributed by atoms with Crippen molar-refractivity contribution in [2.75, 3.05) is 11.4 Å². The molecule has 0 bridgehead atoms. The summed E-state index contributed by atoms with van der Waals surface area (Å²) in [6, 6.07) is 0. The zero-order valence-electron chi connectivity index (χ0n) is 6.40. The van der Waals surface area contributed by atoms with Gasteiger partial charge in [0.15, 0.2) is 0 Å². The summed E-state index contributed by atoms with van der Waals surface area (Å²) in [5.74, 6) is -0.0519. The van der Waals surface area contributed by atoms with E-state index in [1.54, 1.807) is 12.4 Å². The molecular formula is C7H9N3O2. The number of aliphatic hydroxyl groups excluding tert-OH is 1. The van der Waals surface area contributed by atoms with E-state index in [2.05, 4.69) is 10.2 Å². The zero-order chi connectivity index (χ0) is 8.55. The first kappa shape index (κ1) is 7.30. The van der Waals surface area contributed by atoms with Crippen molar-refractivity contribution in [2.24, 2.45) is 0 Å². The predicted molar refractivity (Wildman–Crippen MR) is 41.6 cm³/mol. The van der Waals surface area contributed by atoms with Crippen LogP contribution in [0.25, 0.3) is 0 Å². The summed E-state index contributed by atoms with van der Waals surface area (Å²) in [4.78, 5) is 12.7. The molecular weight excluding hydrogens is 158 g/mol. The molecule has 2 rings (SSSR count). The predicted octanol–water partition coefficient (Wildman–Crippen LogP) is -0.493. The molecule has 1 aromatic rings. The maximum absolute atomic E-state index is 11.2. The van der Waals surface area contributed by atoms with E-state index in [0.29, 0.717) is 6.54 Å². The lowest BCUT2D eigenvalue weighted by Crippen LogP contribution is -2.24. The van der Waals surface area contributed by atoms with Crippen molar-refractivity contribution in [3.8, 4) is 0 Å². The number of H-pyrrole nitrogens is 1. The lowest BCUT2D eigenvalue weighted by Gasteiger charge is -2.11. The van der Waals surface area contributed by atoms with Crippen LogP contribution in [-0.4, -0.2) is 33.9 Å². The van der Waals surface area contributed by atoms with E-state index in [1.165, 1.54) is 4.90 Å². The molecule has 5 nitrogen and oxygen atoms in total. The van der Waals surface area contributed by atoms with Gasteiger partial charge in [0.2, 0.25) is 5.91 Å². The van der Waals surface area contributed by atoms with E-state index in [-0.39, 0.29) is 12.3 Å². The summed E-state index contributed by atoms with van der Waals surface area (Å²) in [5, 5.41) is 15.5. The van der Waals surface area contributed by atoms with E-state index in [0.717, 1.165) is 5.69 Å². The van der Waals surface area contributed by atoms with Gasteiger partial charge in [0.05, 0.1) is 31.0 Å². The maximum Gasteiger partial charge on any atom is 0.229 e. The second-order valence-electron chi connectivity index (χ2n) is 2.82. The fraction of sp³-hybridized carbons (Fsp3) is 0.429. The third kappa shape index (κ3) is 1.08. The summed E-state index contributed by atoms with van der Waals surface area (Å²) >= 11 is 0. The molecule has 1 atom stereocenters. The lowest BCUT2D eigenvalue weighted by molar-refractivity contribution is -0.117. The molecule has 1 aromatic heterocycles. The summed E-state index contributed by atoms with van der Waals surface area (Å²) in [7, 11) is 0. The topological polar surface area (TPSA) is 69.2 Å². The van der Waals surface area contributed by atoms with Gasteiger partial charge >= 0.3 is 0 Å². The molecule has 1 aliphatic rings. The van der Waals surface area contributed by atoms with Gasteiger partial charge in [0.1, 0.15) is 0 Å². The quantitative estimate of drug-likeness (QED) is 0.592. The van der Waals surface area contributed by atoms with Crippen molar-refractivity contribution in [1.29, 1.82) is 0 Å². The number of amides is 1. The molecule has 1 saturated heterocycles. The third-order valence-corrected chi connectivity index (χ3v) is 1.90. The van der Waals surface area contributed by atoms with Gasteiger partial charge in [0, 0.05) is 6.20 Å². The van der Waals surface area contributed by atoms with Crippen molar-refractivity contribution >= 4 is 11.6 Å². The number of aromatic amines is 1. The largest absolute Gasteiger partial charge is 0.391 e. The zero-order valence-corrected chi connectivity index (χ0v) is 6.40. The molecule has 2 N–H and O–H groups in total. The fourth-order valence-electron chi connectivity index (χ4n) is 1.33. The Kier molecular flexibility index (Phi) is 1.58. The molecule has 1 amide bonds. The number of hydrogen-bond donors (Lipinski definition) is 2. The molecule has 64 valence electrons. The molecule has 12 heavy (non-hydrogen) atoms. The first-order chi connectivity index (χ1) is 5.77. The first-order valence-electron chi connectivity index (χ1n) is 3.74. The molecule has 0 saturated carbocycles. The van der Waals surface area contributed by atoms with Crippen LogP contribution in [0.3, 0.4) is 0 Å². The minimum absolute atomic E-state index is 0.0519. The highest BCUT2D eigenvalue weighted by Gasteiger charge is 2.29. The second kappa shape index (κ2) is 2.60. The Bertz CT molecular complexity index is 283. The van der Waals surface area contributed by atoms with Crippen LogP contribution in [0.4, 0.5) is 5.69 Å². The van der Waals surface area contributed by atoms with Crippen molar-refractivity contribution < 1.29 is 9.90 Å². The Balaban J connectivity index is 2.21. The van der Waals surface area contributed by atoms with Gasteiger partial charge in [-0.1, -0.05) is 0 Å². The molecule has 2 heterocycles. The van der Waals surface area contributed by atoms with Crippen LogP contribution >= 0.6 is 0 Å². The number of β-amino-alcohol motifs (C(OH)–C–C–N with tert-alkyl or cyclic N) is 1. The molecule has 1 aliphatic heterocycles.